The summed E-state index contributed by atoms with van der Waals surface area (Å²) >= 11 is 0. The van der Waals surface area contributed by atoms with Crippen LogP contribution in [0.2, 0.25) is 0 Å². The first-order chi connectivity index (χ1) is 9.31. The topological polar surface area (TPSA) is 43.4 Å². The predicted molar refractivity (Wildman–Crippen MR) is 79.6 cm³/mol. The third-order valence-corrected chi connectivity index (χ3v) is 4.61. The molecule has 2 aromatic rings. The van der Waals surface area contributed by atoms with Crippen molar-refractivity contribution in [3.8, 4) is 5.75 Å². The van der Waals surface area contributed by atoms with Crippen LogP contribution < -0.4 is 4.18 Å². The van der Waals surface area contributed by atoms with Crippen molar-refractivity contribution >= 4 is 10.1 Å². The maximum atomic E-state index is 12.3. The van der Waals surface area contributed by atoms with Gasteiger partial charge in [0.25, 0.3) is 0 Å². The summed E-state index contributed by atoms with van der Waals surface area (Å²) in [5.74, 6) is 0.422. The monoisotopic (exact) mass is 290 g/mol. The lowest BCUT2D eigenvalue weighted by atomic mass is 10.1. The summed E-state index contributed by atoms with van der Waals surface area (Å²) in [6.07, 6.45) is 0. The molecule has 3 nitrogen and oxygen atoms in total. The van der Waals surface area contributed by atoms with Crippen molar-refractivity contribution in [3.63, 3.8) is 0 Å². The molecule has 0 aliphatic rings. The van der Waals surface area contributed by atoms with Crippen LogP contribution in [0.4, 0.5) is 0 Å². The molecule has 20 heavy (non-hydrogen) atoms. The van der Waals surface area contributed by atoms with Gasteiger partial charge in [0.05, 0.1) is 0 Å². The van der Waals surface area contributed by atoms with Gasteiger partial charge in [0.2, 0.25) is 0 Å². The Labute approximate surface area is 120 Å². The van der Waals surface area contributed by atoms with Crippen LogP contribution in [-0.4, -0.2) is 8.42 Å². The van der Waals surface area contributed by atoms with Crippen LogP contribution in [0, 0.1) is 27.7 Å². The molecule has 0 atom stereocenters. The van der Waals surface area contributed by atoms with Crippen molar-refractivity contribution in [1.29, 1.82) is 0 Å². The molecule has 0 aliphatic carbocycles. The Balaban J connectivity index is 2.43. The molecular weight excluding hydrogens is 272 g/mol. The van der Waals surface area contributed by atoms with Crippen LogP contribution in [-0.2, 0) is 10.1 Å². The molecule has 2 aromatic carbocycles. The zero-order chi connectivity index (χ0) is 14.9. The first-order valence-corrected chi connectivity index (χ1v) is 7.80. The van der Waals surface area contributed by atoms with E-state index in [1.54, 1.807) is 24.3 Å². The molecule has 0 heterocycles. The molecule has 0 N–H and O–H groups in total. The maximum absolute atomic E-state index is 12.3. The molecule has 0 aromatic heterocycles. The molecule has 0 unspecified atom stereocenters. The fraction of sp³-hybridized carbons (Fsp3) is 0.250. The van der Waals surface area contributed by atoms with E-state index in [-0.39, 0.29) is 4.90 Å². The molecule has 0 saturated carbocycles. The van der Waals surface area contributed by atoms with E-state index >= 15 is 0 Å². The van der Waals surface area contributed by atoms with Crippen LogP contribution in [0.15, 0.2) is 41.3 Å². The molecule has 4 heteroatoms. The zero-order valence-electron chi connectivity index (χ0n) is 12.1. The summed E-state index contributed by atoms with van der Waals surface area (Å²) < 4.78 is 30.0. The van der Waals surface area contributed by atoms with Gasteiger partial charge < -0.3 is 4.18 Å². The first kappa shape index (κ1) is 14.6. The number of benzene rings is 2. The highest BCUT2D eigenvalue weighted by Gasteiger charge is 2.19. The molecule has 0 spiro atoms. The molecule has 0 fully saturated rings. The molecular formula is C16H18O3S. The Morgan fingerprint density at radius 3 is 1.95 bits per heavy atom. The fourth-order valence-corrected chi connectivity index (χ4v) is 2.96. The van der Waals surface area contributed by atoms with Crippen molar-refractivity contribution in [2.75, 3.05) is 0 Å². The third-order valence-electron chi connectivity index (χ3n) is 3.38. The van der Waals surface area contributed by atoms with E-state index in [1.165, 1.54) is 0 Å². The van der Waals surface area contributed by atoms with E-state index in [9.17, 15) is 8.42 Å². The van der Waals surface area contributed by atoms with E-state index in [0.29, 0.717) is 5.75 Å². The Morgan fingerprint density at radius 2 is 1.35 bits per heavy atom. The van der Waals surface area contributed by atoms with Crippen molar-refractivity contribution in [2.24, 2.45) is 0 Å². The highest BCUT2D eigenvalue weighted by atomic mass is 32.2. The number of hydrogen-bond donors (Lipinski definition) is 0. The summed E-state index contributed by atoms with van der Waals surface area (Å²) in [5, 5.41) is 0. The average Bonchev–Trinajstić information content (AvgIpc) is 2.40. The SMILES string of the molecule is Cc1ccc(S(=O)(=O)Oc2c(C)ccc(C)c2C)cc1. The molecule has 106 valence electrons. The van der Waals surface area contributed by atoms with Gasteiger partial charge in [-0.15, -0.1) is 0 Å². The van der Waals surface area contributed by atoms with Gasteiger partial charge in [-0.25, -0.2) is 0 Å². The lowest BCUT2D eigenvalue weighted by molar-refractivity contribution is 0.482. The van der Waals surface area contributed by atoms with E-state index in [2.05, 4.69) is 0 Å². The number of hydrogen-bond acceptors (Lipinski definition) is 3. The van der Waals surface area contributed by atoms with Gasteiger partial charge in [0.1, 0.15) is 10.6 Å². The van der Waals surface area contributed by atoms with Crippen molar-refractivity contribution < 1.29 is 12.6 Å². The summed E-state index contributed by atoms with van der Waals surface area (Å²) in [6, 6.07) is 10.5. The maximum Gasteiger partial charge on any atom is 0.339 e. The Kier molecular flexibility index (Phi) is 3.86. The quantitative estimate of drug-likeness (QED) is 0.810. The molecule has 2 rings (SSSR count). The Morgan fingerprint density at radius 1 is 0.800 bits per heavy atom. The number of aryl methyl sites for hydroxylation is 3. The normalized spacial score (nSPS) is 11.4. The second kappa shape index (κ2) is 5.29. The Hall–Kier alpha value is -1.81. The fourth-order valence-electron chi connectivity index (χ4n) is 1.92. The van der Waals surface area contributed by atoms with Crippen LogP contribution in [0.5, 0.6) is 5.75 Å². The second-order valence-corrected chi connectivity index (χ2v) is 6.55. The molecule has 0 radical (unpaired) electrons. The van der Waals surface area contributed by atoms with Crippen LogP contribution in [0.3, 0.4) is 0 Å². The zero-order valence-corrected chi connectivity index (χ0v) is 12.9. The van der Waals surface area contributed by atoms with E-state index in [0.717, 1.165) is 22.3 Å². The molecule has 0 aliphatic heterocycles. The van der Waals surface area contributed by atoms with Crippen LogP contribution in [0.25, 0.3) is 0 Å². The summed E-state index contributed by atoms with van der Waals surface area (Å²) in [5.41, 5.74) is 3.67. The van der Waals surface area contributed by atoms with Gasteiger partial charge >= 0.3 is 10.1 Å². The standard InChI is InChI=1S/C16H18O3S/c1-11-5-9-15(10-6-11)20(17,18)19-16-13(3)8-7-12(2)14(16)4/h5-10H,1-4H3. The molecule has 0 bridgehead atoms. The first-order valence-electron chi connectivity index (χ1n) is 6.39. The predicted octanol–water partition coefficient (Wildman–Crippen LogP) is 3.69. The van der Waals surface area contributed by atoms with E-state index < -0.39 is 10.1 Å². The van der Waals surface area contributed by atoms with Crippen molar-refractivity contribution in [1.82, 2.24) is 0 Å². The summed E-state index contributed by atoms with van der Waals surface area (Å²) in [7, 11) is -3.79. The second-order valence-electron chi connectivity index (χ2n) is 5.00. The Bertz CT molecular complexity index is 729. The van der Waals surface area contributed by atoms with Gasteiger partial charge in [-0.05, 0) is 56.5 Å². The van der Waals surface area contributed by atoms with Crippen LogP contribution in [0.1, 0.15) is 22.3 Å². The minimum atomic E-state index is -3.79. The van der Waals surface area contributed by atoms with E-state index in [1.807, 2.05) is 39.8 Å². The minimum absolute atomic E-state index is 0.170. The van der Waals surface area contributed by atoms with Crippen molar-refractivity contribution in [2.45, 2.75) is 32.6 Å². The van der Waals surface area contributed by atoms with Gasteiger partial charge in [-0.2, -0.15) is 8.42 Å². The minimum Gasteiger partial charge on any atom is -0.378 e. The molecule has 0 amide bonds. The highest BCUT2D eigenvalue weighted by Crippen LogP contribution is 2.28. The van der Waals surface area contributed by atoms with Gasteiger partial charge in [0, 0.05) is 0 Å². The van der Waals surface area contributed by atoms with E-state index in [4.69, 9.17) is 4.18 Å². The van der Waals surface area contributed by atoms with Gasteiger partial charge in [0.15, 0.2) is 0 Å². The van der Waals surface area contributed by atoms with Crippen LogP contribution >= 0.6 is 0 Å². The molecule has 0 saturated heterocycles. The highest BCUT2D eigenvalue weighted by molar-refractivity contribution is 7.87. The summed E-state index contributed by atoms with van der Waals surface area (Å²) in [4.78, 5) is 0.170. The van der Waals surface area contributed by atoms with Gasteiger partial charge in [-0.1, -0.05) is 29.8 Å². The summed E-state index contributed by atoms with van der Waals surface area (Å²) in [6.45, 7) is 7.54. The largest absolute Gasteiger partial charge is 0.378 e. The smallest absolute Gasteiger partial charge is 0.339 e. The number of rotatable bonds is 3. The lowest BCUT2D eigenvalue weighted by Crippen LogP contribution is -2.11. The van der Waals surface area contributed by atoms with Crippen molar-refractivity contribution in [3.05, 3.63) is 58.7 Å². The average molecular weight is 290 g/mol. The third kappa shape index (κ3) is 2.85. The van der Waals surface area contributed by atoms with Gasteiger partial charge in [-0.3, -0.25) is 0 Å². The lowest BCUT2D eigenvalue weighted by Gasteiger charge is -2.13.